The van der Waals surface area contributed by atoms with E-state index in [1.54, 1.807) is 17.4 Å². The van der Waals surface area contributed by atoms with Gasteiger partial charge in [0.1, 0.15) is 17.3 Å². The molecule has 2 heterocycles. The van der Waals surface area contributed by atoms with Crippen molar-refractivity contribution in [3.63, 3.8) is 0 Å². The summed E-state index contributed by atoms with van der Waals surface area (Å²) in [6, 6.07) is 5.66. The number of fused-ring (bicyclic) bond motifs is 1. The van der Waals surface area contributed by atoms with Crippen molar-refractivity contribution in [2.24, 2.45) is 0 Å². The van der Waals surface area contributed by atoms with E-state index in [0.29, 0.717) is 11.6 Å². The second-order valence-electron chi connectivity index (χ2n) is 6.23. The van der Waals surface area contributed by atoms with Crippen molar-refractivity contribution in [2.75, 3.05) is 5.32 Å². The minimum atomic E-state index is -0.208. The lowest BCUT2D eigenvalue weighted by Gasteiger charge is -2.16. The molecule has 0 amide bonds. The average molecular weight is 455 g/mol. The first-order valence-corrected chi connectivity index (χ1v) is 10.3. The standard InChI is InChI=1S/C18H19FIN3S/c1-2-12-10-24-18-22-16(15-13(19)8-5-9-14(15)20)17(23(12)18)21-11-6-3-4-7-11/h5,8-11,21H,2-4,6-7H2,1H3. The van der Waals surface area contributed by atoms with Gasteiger partial charge >= 0.3 is 0 Å². The normalized spacial score (nSPS) is 15.5. The third kappa shape index (κ3) is 2.73. The van der Waals surface area contributed by atoms with Crippen LogP contribution in [0.3, 0.4) is 0 Å². The van der Waals surface area contributed by atoms with Crippen LogP contribution in [0.1, 0.15) is 38.3 Å². The molecule has 0 unspecified atom stereocenters. The van der Waals surface area contributed by atoms with Gasteiger partial charge in [0.25, 0.3) is 0 Å². The van der Waals surface area contributed by atoms with Crippen molar-refractivity contribution >= 4 is 44.7 Å². The molecular weight excluding hydrogens is 436 g/mol. The zero-order valence-corrected chi connectivity index (χ0v) is 16.5. The Morgan fingerprint density at radius 3 is 2.88 bits per heavy atom. The molecule has 126 valence electrons. The molecule has 2 aromatic heterocycles. The third-order valence-corrected chi connectivity index (χ3v) is 6.47. The highest BCUT2D eigenvalue weighted by atomic mass is 127. The molecule has 1 aliphatic carbocycles. The van der Waals surface area contributed by atoms with Crippen molar-refractivity contribution in [1.82, 2.24) is 9.38 Å². The predicted octanol–water partition coefficient (Wildman–Crippen LogP) is 5.72. The molecular formula is C18H19FIN3S. The molecule has 3 aromatic rings. The van der Waals surface area contributed by atoms with E-state index in [1.807, 2.05) is 6.07 Å². The molecule has 1 aliphatic rings. The highest BCUT2D eigenvalue weighted by molar-refractivity contribution is 14.1. The van der Waals surface area contributed by atoms with Crippen LogP contribution in [0.2, 0.25) is 0 Å². The van der Waals surface area contributed by atoms with Crippen molar-refractivity contribution < 1.29 is 4.39 Å². The smallest absolute Gasteiger partial charge is 0.196 e. The number of hydrogen-bond acceptors (Lipinski definition) is 3. The van der Waals surface area contributed by atoms with Crippen molar-refractivity contribution in [1.29, 1.82) is 0 Å². The number of thiazole rings is 1. The zero-order chi connectivity index (χ0) is 16.7. The number of nitrogens with one attached hydrogen (secondary N) is 1. The number of aromatic nitrogens is 2. The van der Waals surface area contributed by atoms with E-state index in [4.69, 9.17) is 4.98 Å². The van der Waals surface area contributed by atoms with Gasteiger partial charge in [-0.05, 0) is 54.0 Å². The summed E-state index contributed by atoms with van der Waals surface area (Å²) < 4.78 is 17.6. The first-order chi connectivity index (χ1) is 11.7. The second kappa shape index (κ2) is 6.63. The monoisotopic (exact) mass is 455 g/mol. The van der Waals surface area contributed by atoms with Crippen molar-refractivity contribution in [2.45, 2.75) is 45.1 Å². The van der Waals surface area contributed by atoms with Gasteiger partial charge in [0.05, 0.1) is 5.56 Å². The van der Waals surface area contributed by atoms with Gasteiger partial charge in [-0.1, -0.05) is 25.8 Å². The molecule has 1 saturated carbocycles. The maximum atomic E-state index is 14.6. The molecule has 4 rings (SSSR count). The fraction of sp³-hybridized carbons (Fsp3) is 0.389. The molecule has 1 fully saturated rings. The third-order valence-electron chi connectivity index (χ3n) is 4.69. The van der Waals surface area contributed by atoms with E-state index in [1.165, 1.54) is 37.4 Å². The molecule has 3 nitrogen and oxygen atoms in total. The molecule has 0 atom stereocenters. The van der Waals surface area contributed by atoms with E-state index < -0.39 is 0 Å². The molecule has 24 heavy (non-hydrogen) atoms. The summed E-state index contributed by atoms with van der Waals surface area (Å²) in [4.78, 5) is 5.72. The molecule has 1 aromatic carbocycles. The summed E-state index contributed by atoms with van der Waals surface area (Å²) in [5.41, 5.74) is 2.57. The van der Waals surface area contributed by atoms with Gasteiger partial charge in [0.15, 0.2) is 4.96 Å². The quantitative estimate of drug-likeness (QED) is 0.510. The highest BCUT2D eigenvalue weighted by Gasteiger charge is 2.24. The summed E-state index contributed by atoms with van der Waals surface area (Å²) >= 11 is 3.82. The Morgan fingerprint density at radius 1 is 1.38 bits per heavy atom. The fourth-order valence-electron chi connectivity index (χ4n) is 3.46. The van der Waals surface area contributed by atoms with E-state index in [9.17, 15) is 4.39 Å². The molecule has 0 spiro atoms. The Hall–Kier alpha value is -1.15. The Kier molecular flexibility index (Phi) is 4.51. The number of imidazole rings is 1. The van der Waals surface area contributed by atoms with Gasteiger partial charge in [-0.3, -0.25) is 4.40 Å². The molecule has 0 saturated heterocycles. The fourth-order valence-corrected chi connectivity index (χ4v) is 5.15. The van der Waals surface area contributed by atoms with Crippen LogP contribution < -0.4 is 5.32 Å². The minimum absolute atomic E-state index is 0.208. The van der Waals surface area contributed by atoms with Crippen molar-refractivity contribution in [3.05, 3.63) is 38.7 Å². The van der Waals surface area contributed by atoms with Crippen LogP contribution in [-0.2, 0) is 6.42 Å². The van der Waals surface area contributed by atoms with Crippen LogP contribution in [-0.4, -0.2) is 15.4 Å². The lowest BCUT2D eigenvalue weighted by atomic mass is 10.1. The molecule has 0 bridgehead atoms. The Morgan fingerprint density at radius 2 is 2.17 bits per heavy atom. The first kappa shape index (κ1) is 16.3. The lowest BCUT2D eigenvalue weighted by Crippen LogP contribution is -2.17. The van der Waals surface area contributed by atoms with Gasteiger partial charge in [-0.2, -0.15) is 0 Å². The second-order valence-corrected chi connectivity index (χ2v) is 8.23. The number of hydrogen-bond donors (Lipinski definition) is 1. The van der Waals surface area contributed by atoms with Crippen molar-refractivity contribution in [3.8, 4) is 11.3 Å². The van der Waals surface area contributed by atoms with E-state index in [2.05, 4.69) is 44.6 Å². The largest absolute Gasteiger partial charge is 0.367 e. The maximum Gasteiger partial charge on any atom is 0.196 e. The number of anilines is 1. The molecule has 0 aliphatic heterocycles. The number of benzene rings is 1. The first-order valence-electron chi connectivity index (χ1n) is 8.38. The maximum absolute atomic E-state index is 14.6. The number of nitrogens with zero attached hydrogens (tertiary/aromatic N) is 2. The topological polar surface area (TPSA) is 29.3 Å². The van der Waals surface area contributed by atoms with Gasteiger partial charge in [0.2, 0.25) is 0 Å². The van der Waals surface area contributed by atoms with Gasteiger partial charge < -0.3 is 5.32 Å². The van der Waals surface area contributed by atoms with Crippen LogP contribution in [0, 0.1) is 9.39 Å². The van der Waals surface area contributed by atoms with Crippen LogP contribution >= 0.6 is 33.9 Å². The molecule has 6 heteroatoms. The summed E-state index contributed by atoms with van der Waals surface area (Å²) in [6.07, 6.45) is 5.80. The lowest BCUT2D eigenvalue weighted by molar-refractivity contribution is 0.630. The average Bonchev–Trinajstić information content (AvgIpc) is 3.26. The van der Waals surface area contributed by atoms with E-state index >= 15 is 0 Å². The van der Waals surface area contributed by atoms with Crippen LogP contribution in [0.25, 0.3) is 16.2 Å². The predicted molar refractivity (Wildman–Crippen MR) is 106 cm³/mol. The Balaban J connectivity index is 1.92. The number of halogens is 2. The summed E-state index contributed by atoms with van der Waals surface area (Å²) in [7, 11) is 0. The zero-order valence-electron chi connectivity index (χ0n) is 13.5. The SMILES string of the molecule is CCc1csc2nc(-c3c(F)cccc3I)c(NC3CCCC3)n12. The molecule has 0 radical (unpaired) electrons. The minimum Gasteiger partial charge on any atom is -0.367 e. The van der Waals surface area contributed by atoms with Gasteiger partial charge in [-0.25, -0.2) is 9.37 Å². The van der Waals surface area contributed by atoms with E-state index in [-0.39, 0.29) is 5.82 Å². The van der Waals surface area contributed by atoms with Crippen LogP contribution in [0.5, 0.6) is 0 Å². The van der Waals surface area contributed by atoms with E-state index in [0.717, 1.165) is 26.5 Å². The summed E-state index contributed by atoms with van der Waals surface area (Å²) in [6.45, 7) is 2.15. The van der Waals surface area contributed by atoms with Crippen LogP contribution in [0.15, 0.2) is 23.6 Å². The highest BCUT2D eigenvalue weighted by Crippen LogP contribution is 2.37. The molecule has 1 N–H and O–H groups in total. The Bertz CT molecular complexity index is 860. The number of aryl methyl sites for hydroxylation is 1. The van der Waals surface area contributed by atoms with Gasteiger partial charge in [0, 0.05) is 20.7 Å². The van der Waals surface area contributed by atoms with Gasteiger partial charge in [-0.15, -0.1) is 11.3 Å². The summed E-state index contributed by atoms with van der Waals surface area (Å²) in [5.74, 6) is 0.748. The van der Waals surface area contributed by atoms with Crippen LogP contribution in [0.4, 0.5) is 10.2 Å². The summed E-state index contributed by atoms with van der Waals surface area (Å²) in [5, 5.41) is 5.83. The Labute approximate surface area is 158 Å². The number of rotatable bonds is 4.